The number of aromatic hydroxyl groups is 1. The maximum Gasteiger partial charge on any atom is 0.318 e. The van der Waals surface area contributed by atoms with Crippen molar-refractivity contribution in [3.8, 4) is 24.1 Å². The van der Waals surface area contributed by atoms with Crippen molar-refractivity contribution < 1.29 is 28.5 Å². The number of nitrogens with zero attached hydrogens (tertiary/aromatic N) is 4. The maximum atomic E-state index is 14.9. The minimum atomic E-state index is -1.04. The number of aliphatic hydroxyl groups is 1. The summed E-state index contributed by atoms with van der Waals surface area (Å²) in [6.45, 7) is 6.58. The molecule has 1 aromatic heterocycles. The Bertz CT molecular complexity index is 1850. The van der Waals surface area contributed by atoms with Gasteiger partial charge in [-0.15, -0.1) is 6.42 Å². The van der Waals surface area contributed by atoms with Crippen LogP contribution in [0.2, 0.25) is 0 Å². The fourth-order valence-corrected chi connectivity index (χ4v) is 7.85. The van der Waals surface area contributed by atoms with E-state index < -0.39 is 23.1 Å². The van der Waals surface area contributed by atoms with E-state index in [4.69, 9.17) is 21.1 Å². The highest BCUT2D eigenvalue weighted by molar-refractivity contribution is 6.02. The first kappa shape index (κ1) is 34.3. The number of fused-ring (bicyclic) bond motifs is 2. The fourth-order valence-electron chi connectivity index (χ4n) is 7.85. The molecule has 9 nitrogen and oxygen atoms in total. The van der Waals surface area contributed by atoms with Crippen molar-refractivity contribution >= 4 is 34.1 Å². The smallest absolute Gasteiger partial charge is 0.318 e. The van der Waals surface area contributed by atoms with E-state index in [0.717, 1.165) is 36.8 Å². The summed E-state index contributed by atoms with van der Waals surface area (Å²) < 4.78 is 35.7. The summed E-state index contributed by atoms with van der Waals surface area (Å²) in [6.07, 6.45) is 12.9. The van der Waals surface area contributed by atoms with E-state index in [9.17, 15) is 23.8 Å². The number of terminal acetylenes is 1. The Morgan fingerprint density at radius 1 is 1.29 bits per heavy atom. The lowest BCUT2D eigenvalue weighted by molar-refractivity contribution is -0.129. The molecule has 3 aromatic rings. The molecule has 0 bridgehead atoms. The fraction of sp³-hybridized carbons (Fsp3) is 0.447. The molecule has 6 rings (SSSR count). The molecule has 2 atom stereocenters. The monoisotopic (exact) mass is 671 g/mol. The second kappa shape index (κ2) is 13.8. The van der Waals surface area contributed by atoms with Gasteiger partial charge in [0.2, 0.25) is 5.91 Å². The Morgan fingerprint density at radius 3 is 2.78 bits per heavy atom. The Balaban J connectivity index is 1.41. The van der Waals surface area contributed by atoms with E-state index in [2.05, 4.69) is 17.8 Å². The summed E-state index contributed by atoms with van der Waals surface area (Å²) >= 11 is 0. The molecule has 1 saturated carbocycles. The first-order valence-electron chi connectivity index (χ1n) is 16.8. The number of aromatic nitrogens is 2. The lowest BCUT2D eigenvalue weighted by Crippen LogP contribution is -2.51. The summed E-state index contributed by atoms with van der Waals surface area (Å²) in [5.41, 5.74) is 1.90. The molecular formula is C38H43F2N5O4. The number of phenolic OH excluding ortho intramolecular Hbond substituents is 1. The van der Waals surface area contributed by atoms with E-state index in [1.165, 1.54) is 12.1 Å². The van der Waals surface area contributed by atoms with Crippen molar-refractivity contribution in [1.29, 1.82) is 0 Å². The van der Waals surface area contributed by atoms with Gasteiger partial charge in [0.15, 0.2) is 0 Å². The molecule has 258 valence electrons. The van der Waals surface area contributed by atoms with Gasteiger partial charge in [0.25, 0.3) is 0 Å². The maximum absolute atomic E-state index is 14.9. The van der Waals surface area contributed by atoms with Gasteiger partial charge in [0.05, 0.1) is 28.9 Å². The number of hydrogen-bond acceptors (Lipinski definition) is 8. The Kier molecular flexibility index (Phi) is 9.65. The first-order valence-corrected chi connectivity index (χ1v) is 16.8. The average Bonchev–Trinajstić information content (AvgIpc) is 3.69. The Hall–Kier alpha value is -4.53. The van der Waals surface area contributed by atoms with Gasteiger partial charge in [0.1, 0.15) is 30.2 Å². The molecule has 2 aliphatic carbocycles. The van der Waals surface area contributed by atoms with Gasteiger partial charge < -0.3 is 25.2 Å². The van der Waals surface area contributed by atoms with Gasteiger partial charge >= 0.3 is 6.01 Å². The zero-order valence-electron chi connectivity index (χ0n) is 28.1. The molecule has 2 fully saturated rings. The largest absolute Gasteiger partial charge is 0.508 e. The van der Waals surface area contributed by atoms with Crippen molar-refractivity contribution in [3.05, 3.63) is 65.1 Å². The molecule has 3 aliphatic rings. The second-order valence-corrected chi connectivity index (χ2v) is 13.7. The predicted molar refractivity (Wildman–Crippen MR) is 186 cm³/mol. The molecule has 0 unspecified atom stereocenters. The van der Waals surface area contributed by atoms with Gasteiger partial charge in [-0.3, -0.25) is 9.69 Å². The SMILES string of the molecule is C#Cc1c(F)ccc2cc(O)cc(C3=Cc4nc(OC[C@]5(C)C[C@@H](F)CN5CCO)nc(NCC5(N(C)C(=O)C=C)CCCC5)c4CC3)c12. The summed E-state index contributed by atoms with van der Waals surface area (Å²) in [7, 11) is 1.81. The van der Waals surface area contributed by atoms with E-state index in [1.807, 2.05) is 24.9 Å². The van der Waals surface area contributed by atoms with Crippen LogP contribution in [0.1, 0.15) is 67.8 Å². The molecule has 1 saturated heterocycles. The van der Waals surface area contributed by atoms with Crippen molar-refractivity contribution in [2.45, 2.75) is 69.1 Å². The standard InChI is InChI=1S/C38H43F2N5O4/c1-5-28-31(40)12-10-25-17-27(47)19-30(34(25)28)24-9-11-29-32(18-24)42-36(49-23-37(3)20-26(39)21-45(37)15-16-46)43-35(29)41-22-38(13-7-8-14-38)44(4)33(48)6-2/h1,6,10,12,17-19,26,46-47H,2,7-9,11,13-16,20-23H2,3-4H3,(H,41,42,43)/t26-,37+/m1/s1. The lowest BCUT2D eigenvalue weighted by Gasteiger charge is -2.39. The van der Waals surface area contributed by atoms with Crippen LogP contribution in [0.5, 0.6) is 11.8 Å². The number of allylic oxidation sites excluding steroid dienone is 1. The molecule has 49 heavy (non-hydrogen) atoms. The highest BCUT2D eigenvalue weighted by atomic mass is 19.1. The normalized spacial score (nSPS) is 21.6. The molecule has 3 N–H and O–H groups in total. The van der Waals surface area contributed by atoms with Gasteiger partial charge in [-0.25, -0.2) is 8.78 Å². The van der Waals surface area contributed by atoms with Crippen LogP contribution < -0.4 is 10.1 Å². The minimum absolute atomic E-state index is 0.0290. The molecule has 2 aromatic carbocycles. The summed E-state index contributed by atoms with van der Waals surface area (Å²) in [5, 5.41) is 24.9. The number of ether oxygens (including phenoxy) is 1. The van der Waals surface area contributed by atoms with Crippen LogP contribution in [0.15, 0.2) is 36.9 Å². The van der Waals surface area contributed by atoms with Gasteiger partial charge in [0, 0.05) is 44.1 Å². The Labute approximate surface area is 285 Å². The summed E-state index contributed by atoms with van der Waals surface area (Å²) in [5.74, 6) is 2.43. The van der Waals surface area contributed by atoms with Crippen molar-refractivity contribution in [2.24, 2.45) is 0 Å². The summed E-state index contributed by atoms with van der Waals surface area (Å²) in [6, 6.07) is 6.15. The predicted octanol–water partition coefficient (Wildman–Crippen LogP) is 5.49. The van der Waals surface area contributed by atoms with E-state index >= 15 is 0 Å². The van der Waals surface area contributed by atoms with Crippen LogP contribution in [-0.4, -0.2) is 93.0 Å². The first-order chi connectivity index (χ1) is 23.5. The van der Waals surface area contributed by atoms with Crippen molar-refractivity contribution in [2.75, 3.05) is 45.2 Å². The van der Waals surface area contributed by atoms with E-state index in [-0.39, 0.29) is 49.4 Å². The topological polar surface area (TPSA) is 111 Å². The average molecular weight is 672 g/mol. The molecule has 11 heteroatoms. The number of anilines is 1. The van der Waals surface area contributed by atoms with E-state index in [0.29, 0.717) is 53.8 Å². The Morgan fingerprint density at radius 2 is 2.06 bits per heavy atom. The number of alkyl halides is 1. The van der Waals surface area contributed by atoms with Crippen LogP contribution in [0.4, 0.5) is 14.6 Å². The number of amides is 1. The van der Waals surface area contributed by atoms with Crippen molar-refractivity contribution in [3.63, 3.8) is 0 Å². The van der Waals surface area contributed by atoms with Crippen LogP contribution in [0.25, 0.3) is 22.4 Å². The second-order valence-electron chi connectivity index (χ2n) is 13.7. The number of nitrogens with one attached hydrogen (secondary N) is 1. The van der Waals surface area contributed by atoms with Crippen LogP contribution in [0, 0.1) is 18.2 Å². The summed E-state index contributed by atoms with van der Waals surface area (Å²) in [4.78, 5) is 26.0. The zero-order chi connectivity index (χ0) is 34.9. The van der Waals surface area contributed by atoms with Gasteiger partial charge in [-0.2, -0.15) is 9.97 Å². The number of likely N-dealkylation sites (tertiary alicyclic amines) is 1. The quantitative estimate of drug-likeness (QED) is 0.182. The molecule has 1 aliphatic heterocycles. The minimum Gasteiger partial charge on any atom is -0.508 e. The van der Waals surface area contributed by atoms with Gasteiger partial charge in [-0.1, -0.05) is 31.4 Å². The third-order valence-electron chi connectivity index (χ3n) is 10.6. The molecule has 0 radical (unpaired) electrons. The molecular weight excluding hydrogens is 628 g/mol. The molecule has 2 heterocycles. The van der Waals surface area contributed by atoms with Crippen molar-refractivity contribution in [1.82, 2.24) is 19.8 Å². The number of carbonyl (C=O) groups excluding carboxylic acids is 1. The number of aliphatic hydroxyl groups excluding tert-OH is 1. The number of hydrogen-bond donors (Lipinski definition) is 3. The van der Waals surface area contributed by atoms with Crippen LogP contribution in [0.3, 0.4) is 0 Å². The van der Waals surface area contributed by atoms with Crippen LogP contribution >= 0.6 is 0 Å². The molecule has 1 amide bonds. The highest BCUT2D eigenvalue weighted by Gasteiger charge is 2.43. The highest BCUT2D eigenvalue weighted by Crippen LogP contribution is 2.41. The molecule has 0 spiro atoms. The number of benzene rings is 2. The zero-order valence-corrected chi connectivity index (χ0v) is 28.1. The van der Waals surface area contributed by atoms with Gasteiger partial charge in [-0.05, 0) is 79.5 Å². The number of phenols is 1. The third-order valence-corrected chi connectivity index (χ3v) is 10.6. The van der Waals surface area contributed by atoms with E-state index in [1.54, 1.807) is 23.1 Å². The number of β-amino-alcohol motifs (C(OH)–C–C–N with tert-alkyl or cyclic N) is 1. The number of carbonyl (C=O) groups is 1. The lowest BCUT2D eigenvalue weighted by atomic mass is 9.87. The third kappa shape index (κ3) is 6.59. The number of halogens is 2. The number of rotatable bonds is 11. The number of likely N-dealkylation sites (N-methyl/N-ethyl adjacent to an activating group) is 1. The van der Waals surface area contributed by atoms with Crippen LogP contribution in [-0.2, 0) is 11.2 Å².